The molecule has 0 aliphatic carbocycles. The monoisotopic (exact) mass is 858 g/mol. The summed E-state index contributed by atoms with van der Waals surface area (Å²) in [4.78, 5) is 42.9. The molecule has 2 N–H and O–H groups in total. The molecular weight excluding hydrogens is 759 g/mol. The predicted octanol–water partition coefficient (Wildman–Crippen LogP) is 15.0. The molecule has 0 aromatic carbocycles. The molecule has 61 heavy (non-hydrogen) atoms. The van der Waals surface area contributed by atoms with Gasteiger partial charge in [-0.2, -0.15) is 0 Å². The molecule has 0 unspecified atom stereocenters. The van der Waals surface area contributed by atoms with Crippen LogP contribution in [0.25, 0.3) is 0 Å². The smallest absolute Gasteiger partial charge is 0.306 e. The lowest BCUT2D eigenvalue weighted by atomic mass is 10.0. The highest BCUT2D eigenvalue weighted by Crippen LogP contribution is 2.19. The van der Waals surface area contributed by atoms with Crippen molar-refractivity contribution in [2.45, 2.75) is 264 Å². The fraction of sp³-hybridized carbons (Fsp3) is 0.868. The van der Waals surface area contributed by atoms with Crippen molar-refractivity contribution in [1.82, 2.24) is 15.2 Å². The van der Waals surface area contributed by atoms with Crippen molar-refractivity contribution in [2.75, 3.05) is 32.8 Å². The predicted molar refractivity (Wildman–Crippen MR) is 258 cm³/mol. The maximum absolute atomic E-state index is 12.9. The molecular formula is C53H99N3O5. The van der Waals surface area contributed by atoms with E-state index in [0.29, 0.717) is 31.6 Å². The van der Waals surface area contributed by atoms with Gasteiger partial charge in [0.15, 0.2) is 0 Å². The standard InChI is InChI=1S/C53H99N3O5/c1-4-7-10-13-16-17-18-26-36-47-60-51(57)39-31-27-35-46-56(45-34-25-23-32-42-55-53(59)49-41-43-54-48-49)44-33-24-19-22-30-40-52(58)61-50(37-28-20-14-11-8-5-2)38-29-21-15-12-9-6-3/h41,43,48,50,54H,4-40,42,44-47H2,1-3H3,(H,55,59). The van der Waals surface area contributed by atoms with Gasteiger partial charge in [-0.05, 0) is 96.3 Å². The van der Waals surface area contributed by atoms with Gasteiger partial charge in [-0.25, -0.2) is 0 Å². The largest absolute Gasteiger partial charge is 0.466 e. The number of H-pyrrole nitrogens is 1. The molecule has 0 saturated heterocycles. The van der Waals surface area contributed by atoms with Crippen LogP contribution in [-0.2, 0) is 19.1 Å². The first-order valence-electron chi connectivity index (χ1n) is 26.5. The Morgan fingerprint density at radius 1 is 0.525 bits per heavy atom. The Morgan fingerprint density at radius 3 is 1.46 bits per heavy atom. The fourth-order valence-corrected chi connectivity index (χ4v) is 8.32. The third kappa shape index (κ3) is 37.9. The average molecular weight is 858 g/mol. The SMILES string of the molecule is CCCCCCCCCCCOC(=O)CCCCCN(CCCCCCCC(=O)OC(CCCCCCCC)CCCCCCCC)CCCCCCNC(=O)c1cc[nH]c1. The summed E-state index contributed by atoms with van der Waals surface area (Å²) in [6.07, 6.45) is 46.6. The van der Waals surface area contributed by atoms with Gasteiger partial charge in [0.25, 0.3) is 5.91 Å². The number of carbonyl (C=O) groups excluding carboxylic acids is 3. The first kappa shape index (κ1) is 56.7. The van der Waals surface area contributed by atoms with E-state index in [1.54, 1.807) is 18.5 Å². The highest BCUT2D eigenvalue weighted by atomic mass is 16.5. The summed E-state index contributed by atoms with van der Waals surface area (Å²) >= 11 is 0. The molecule has 0 saturated carbocycles. The van der Waals surface area contributed by atoms with Crippen LogP contribution in [0, 0.1) is 0 Å². The van der Waals surface area contributed by atoms with Crippen molar-refractivity contribution in [3.05, 3.63) is 24.0 Å². The van der Waals surface area contributed by atoms with Crippen molar-refractivity contribution in [3.63, 3.8) is 0 Å². The van der Waals surface area contributed by atoms with Gasteiger partial charge < -0.3 is 24.7 Å². The Hall–Kier alpha value is -2.35. The molecule has 0 atom stereocenters. The summed E-state index contributed by atoms with van der Waals surface area (Å²) in [5.41, 5.74) is 0.686. The van der Waals surface area contributed by atoms with Gasteiger partial charge in [0.2, 0.25) is 0 Å². The second kappa shape index (κ2) is 44.3. The minimum Gasteiger partial charge on any atom is -0.466 e. The summed E-state index contributed by atoms with van der Waals surface area (Å²) in [5, 5.41) is 3.02. The van der Waals surface area contributed by atoms with Crippen LogP contribution in [0.2, 0.25) is 0 Å². The van der Waals surface area contributed by atoms with Crippen LogP contribution in [0.4, 0.5) is 0 Å². The van der Waals surface area contributed by atoms with Crippen molar-refractivity contribution in [1.29, 1.82) is 0 Å². The van der Waals surface area contributed by atoms with E-state index < -0.39 is 0 Å². The van der Waals surface area contributed by atoms with Gasteiger partial charge in [0.05, 0.1) is 12.2 Å². The zero-order valence-corrected chi connectivity index (χ0v) is 40.5. The number of amides is 1. The molecule has 8 heteroatoms. The lowest BCUT2D eigenvalue weighted by molar-refractivity contribution is -0.150. The number of unbranched alkanes of at least 4 members (excludes halogenated alkanes) is 27. The second-order valence-electron chi connectivity index (χ2n) is 18.2. The van der Waals surface area contributed by atoms with Gasteiger partial charge in [0.1, 0.15) is 6.10 Å². The van der Waals surface area contributed by atoms with Gasteiger partial charge >= 0.3 is 11.9 Å². The van der Waals surface area contributed by atoms with E-state index in [0.717, 1.165) is 110 Å². The quantitative estimate of drug-likeness (QED) is 0.0500. The molecule has 8 nitrogen and oxygen atoms in total. The van der Waals surface area contributed by atoms with Crippen LogP contribution in [-0.4, -0.2) is 66.6 Å². The van der Waals surface area contributed by atoms with E-state index in [4.69, 9.17) is 9.47 Å². The Morgan fingerprint density at radius 2 is 0.951 bits per heavy atom. The van der Waals surface area contributed by atoms with Crippen molar-refractivity contribution < 1.29 is 23.9 Å². The summed E-state index contributed by atoms with van der Waals surface area (Å²) in [7, 11) is 0. The Kier molecular flexibility index (Phi) is 41.1. The number of rotatable bonds is 47. The number of hydrogen-bond donors (Lipinski definition) is 2. The summed E-state index contributed by atoms with van der Waals surface area (Å²) in [6.45, 7) is 11.4. The summed E-state index contributed by atoms with van der Waals surface area (Å²) in [6, 6.07) is 1.80. The van der Waals surface area contributed by atoms with E-state index >= 15 is 0 Å². The molecule has 0 radical (unpaired) electrons. The minimum absolute atomic E-state index is 0.00864. The Balaban J connectivity index is 2.34. The average Bonchev–Trinajstić information content (AvgIpc) is 3.81. The number of nitrogens with one attached hydrogen (secondary N) is 2. The molecule has 0 fully saturated rings. The van der Waals surface area contributed by atoms with E-state index in [9.17, 15) is 14.4 Å². The summed E-state index contributed by atoms with van der Waals surface area (Å²) < 4.78 is 11.6. The molecule has 0 aliphatic heterocycles. The zero-order valence-electron chi connectivity index (χ0n) is 40.5. The van der Waals surface area contributed by atoms with Crippen molar-refractivity contribution in [3.8, 4) is 0 Å². The third-order valence-corrected chi connectivity index (χ3v) is 12.3. The number of hydrogen-bond acceptors (Lipinski definition) is 6. The lowest BCUT2D eigenvalue weighted by Crippen LogP contribution is -2.27. The van der Waals surface area contributed by atoms with Crippen molar-refractivity contribution >= 4 is 17.8 Å². The molecule has 1 aromatic rings. The van der Waals surface area contributed by atoms with Crippen LogP contribution in [0.3, 0.4) is 0 Å². The Labute approximate surface area is 377 Å². The van der Waals surface area contributed by atoms with Crippen LogP contribution in [0.1, 0.15) is 269 Å². The first-order valence-corrected chi connectivity index (χ1v) is 26.5. The third-order valence-electron chi connectivity index (χ3n) is 12.3. The molecule has 1 amide bonds. The number of aromatic amines is 1. The van der Waals surface area contributed by atoms with Crippen LogP contribution < -0.4 is 5.32 Å². The number of esters is 2. The fourth-order valence-electron chi connectivity index (χ4n) is 8.32. The van der Waals surface area contributed by atoms with Crippen LogP contribution in [0.5, 0.6) is 0 Å². The van der Waals surface area contributed by atoms with Gasteiger partial charge in [-0.1, -0.05) is 175 Å². The molecule has 356 valence electrons. The normalized spacial score (nSPS) is 11.5. The van der Waals surface area contributed by atoms with Crippen molar-refractivity contribution in [2.24, 2.45) is 0 Å². The van der Waals surface area contributed by atoms with E-state index in [1.807, 2.05) is 0 Å². The Bertz CT molecular complexity index is 1080. The maximum Gasteiger partial charge on any atom is 0.306 e. The minimum atomic E-state index is -0.0323. The highest BCUT2D eigenvalue weighted by Gasteiger charge is 2.15. The van der Waals surface area contributed by atoms with Gasteiger partial charge in [-0.3, -0.25) is 14.4 Å². The van der Waals surface area contributed by atoms with E-state index in [2.05, 4.69) is 36.0 Å². The topological polar surface area (TPSA) is 101 Å². The molecule has 1 heterocycles. The van der Waals surface area contributed by atoms with Gasteiger partial charge in [0, 0.05) is 31.8 Å². The number of carbonyl (C=O) groups is 3. The molecule has 0 spiro atoms. The van der Waals surface area contributed by atoms with Gasteiger partial charge in [-0.15, -0.1) is 0 Å². The van der Waals surface area contributed by atoms with E-state index in [1.165, 1.54) is 135 Å². The number of ether oxygens (including phenoxy) is 2. The van der Waals surface area contributed by atoms with E-state index in [-0.39, 0.29) is 23.9 Å². The van der Waals surface area contributed by atoms with Crippen LogP contribution in [0.15, 0.2) is 18.5 Å². The zero-order chi connectivity index (χ0) is 44.1. The lowest BCUT2D eigenvalue weighted by Gasteiger charge is -2.22. The van der Waals surface area contributed by atoms with Crippen LogP contribution >= 0.6 is 0 Å². The highest BCUT2D eigenvalue weighted by molar-refractivity contribution is 5.93. The molecule has 1 aromatic heterocycles. The maximum atomic E-state index is 12.9. The summed E-state index contributed by atoms with van der Waals surface area (Å²) in [5.74, 6) is -0.0240. The number of nitrogens with zero attached hydrogens (tertiary/aromatic N) is 1. The number of aromatic nitrogens is 1. The molecule has 0 aliphatic rings. The molecule has 0 bridgehead atoms. The molecule has 1 rings (SSSR count). The second-order valence-corrected chi connectivity index (χ2v) is 18.2. The first-order chi connectivity index (χ1) is 30.0.